The quantitative estimate of drug-likeness (QED) is 0.811. The average Bonchev–Trinajstić information content (AvgIpc) is 2.97. The van der Waals surface area contributed by atoms with Crippen molar-refractivity contribution < 1.29 is 13.2 Å². The van der Waals surface area contributed by atoms with E-state index in [1.807, 2.05) is 13.0 Å². The highest BCUT2D eigenvalue weighted by atomic mass is 32.1. The van der Waals surface area contributed by atoms with E-state index >= 15 is 0 Å². The van der Waals surface area contributed by atoms with Crippen molar-refractivity contribution in [2.24, 2.45) is 0 Å². The molecule has 1 aliphatic rings. The first-order chi connectivity index (χ1) is 12.4. The fourth-order valence-corrected chi connectivity index (χ4v) is 3.77. The molecule has 0 bridgehead atoms. The van der Waals surface area contributed by atoms with Crippen molar-refractivity contribution in [1.82, 2.24) is 9.36 Å². The Labute approximate surface area is 153 Å². The first kappa shape index (κ1) is 18.5. The van der Waals surface area contributed by atoms with Crippen LogP contribution >= 0.6 is 11.5 Å². The van der Waals surface area contributed by atoms with Crippen molar-refractivity contribution in [3.63, 3.8) is 0 Å². The number of alkyl halides is 3. The molecule has 0 atom stereocenters. The third-order valence-electron chi connectivity index (χ3n) is 4.31. The molecule has 0 saturated carbocycles. The second-order valence-electron chi connectivity index (χ2n) is 6.02. The Morgan fingerprint density at radius 3 is 2.58 bits per heavy atom. The van der Waals surface area contributed by atoms with Gasteiger partial charge in [0.05, 0.1) is 22.9 Å². The van der Waals surface area contributed by atoms with E-state index < -0.39 is 11.7 Å². The Morgan fingerprint density at radius 1 is 1.19 bits per heavy atom. The van der Waals surface area contributed by atoms with Gasteiger partial charge < -0.3 is 9.80 Å². The van der Waals surface area contributed by atoms with Gasteiger partial charge >= 0.3 is 6.18 Å². The summed E-state index contributed by atoms with van der Waals surface area (Å²) < 4.78 is 44.4. The minimum Gasteiger partial charge on any atom is -0.369 e. The van der Waals surface area contributed by atoms with Crippen molar-refractivity contribution in [3.8, 4) is 6.07 Å². The summed E-state index contributed by atoms with van der Waals surface area (Å²) in [5, 5.41) is 9.86. The van der Waals surface area contributed by atoms with Crippen molar-refractivity contribution in [1.29, 1.82) is 5.26 Å². The predicted molar refractivity (Wildman–Crippen MR) is 94.5 cm³/mol. The molecule has 0 N–H and O–H groups in total. The topological polar surface area (TPSA) is 56.1 Å². The SMILES string of the molecule is CCc1nsc(N2CCCN(c3cc(C#N)ccc3C(F)(F)F)CC2)n1. The summed E-state index contributed by atoms with van der Waals surface area (Å²) in [4.78, 5) is 8.25. The maximum absolute atomic E-state index is 13.4. The number of hydrogen-bond acceptors (Lipinski definition) is 6. The summed E-state index contributed by atoms with van der Waals surface area (Å²) in [7, 11) is 0. The van der Waals surface area contributed by atoms with Gasteiger partial charge in [-0.1, -0.05) is 6.92 Å². The molecule has 1 aromatic carbocycles. The van der Waals surface area contributed by atoms with Crippen LogP contribution in [0.1, 0.15) is 30.3 Å². The second-order valence-corrected chi connectivity index (χ2v) is 6.75. The molecule has 2 heterocycles. The van der Waals surface area contributed by atoms with E-state index in [1.54, 1.807) is 4.90 Å². The number of nitriles is 1. The predicted octanol–water partition coefficient (Wildman–Crippen LogP) is 3.71. The van der Waals surface area contributed by atoms with Crippen LogP contribution in [-0.2, 0) is 12.6 Å². The maximum atomic E-state index is 13.4. The minimum atomic E-state index is -4.45. The molecule has 5 nitrogen and oxygen atoms in total. The van der Waals surface area contributed by atoms with Gasteiger partial charge in [-0.2, -0.15) is 22.8 Å². The fraction of sp³-hybridized carbons (Fsp3) is 0.471. The number of aromatic nitrogens is 2. The second kappa shape index (κ2) is 7.50. The van der Waals surface area contributed by atoms with Gasteiger partial charge in [-0.25, -0.2) is 4.98 Å². The summed E-state index contributed by atoms with van der Waals surface area (Å²) >= 11 is 1.32. The number of anilines is 2. The number of halogens is 3. The molecule has 9 heteroatoms. The lowest BCUT2D eigenvalue weighted by Crippen LogP contribution is -2.32. The van der Waals surface area contributed by atoms with E-state index in [0.717, 1.165) is 23.4 Å². The van der Waals surface area contributed by atoms with Crippen LogP contribution < -0.4 is 9.80 Å². The molecule has 138 valence electrons. The molecule has 0 unspecified atom stereocenters. The normalized spacial score (nSPS) is 15.7. The molecular formula is C17H18F3N5S. The van der Waals surface area contributed by atoms with Crippen LogP contribution in [0.25, 0.3) is 0 Å². The minimum absolute atomic E-state index is 0.0740. The molecule has 1 aliphatic heterocycles. The zero-order valence-electron chi connectivity index (χ0n) is 14.3. The van der Waals surface area contributed by atoms with E-state index in [2.05, 4.69) is 14.3 Å². The van der Waals surface area contributed by atoms with E-state index in [9.17, 15) is 13.2 Å². The van der Waals surface area contributed by atoms with E-state index in [0.29, 0.717) is 32.6 Å². The smallest absolute Gasteiger partial charge is 0.369 e. The zero-order chi connectivity index (χ0) is 18.7. The first-order valence-electron chi connectivity index (χ1n) is 8.36. The lowest BCUT2D eigenvalue weighted by molar-refractivity contribution is -0.137. The largest absolute Gasteiger partial charge is 0.418 e. The van der Waals surface area contributed by atoms with Crippen LogP contribution in [-0.4, -0.2) is 35.5 Å². The summed E-state index contributed by atoms with van der Waals surface area (Å²) in [6.07, 6.45) is -2.99. The van der Waals surface area contributed by atoms with Crippen LogP contribution in [0.3, 0.4) is 0 Å². The van der Waals surface area contributed by atoms with Gasteiger partial charge in [-0.15, -0.1) is 0 Å². The molecule has 0 amide bonds. The van der Waals surface area contributed by atoms with Crippen LogP contribution in [0.4, 0.5) is 24.0 Å². The van der Waals surface area contributed by atoms with Crippen LogP contribution in [0, 0.1) is 11.3 Å². The van der Waals surface area contributed by atoms with E-state index in [1.165, 1.54) is 23.7 Å². The Bertz CT molecular complexity index is 811. The third kappa shape index (κ3) is 3.90. The van der Waals surface area contributed by atoms with Crippen molar-refractivity contribution in [3.05, 3.63) is 35.2 Å². The monoisotopic (exact) mass is 381 g/mol. The molecule has 0 spiro atoms. The molecule has 1 fully saturated rings. The molecule has 1 saturated heterocycles. The Hall–Kier alpha value is -2.34. The van der Waals surface area contributed by atoms with E-state index in [-0.39, 0.29) is 11.3 Å². The van der Waals surface area contributed by atoms with Crippen LogP contribution in [0.15, 0.2) is 18.2 Å². The standard InChI is InChI=1S/C17H18F3N5S/c1-2-15-22-16(26-23-15)25-7-3-6-24(8-9-25)14-10-12(11-21)4-5-13(14)17(18,19)20/h4-5,10H,2-3,6-9H2,1H3. The average molecular weight is 381 g/mol. The van der Waals surface area contributed by atoms with Gasteiger partial charge in [0.15, 0.2) is 0 Å². The summed E-state index contributed by atoms with van der Waals surface area (Å²) in [6, 6.07) is 5.46. The van der Waals surface area contributed by atoms with Gasteiger partial charge in [-0.3, -0.25) is 0 Å². The highest BCUT2D eigenvalue weighted by Gasteiger charge is 2.35. The molecule has 0 radical (unpaired) electrons. The summed E-state index contributed by atoms with van der Waals surface area (Å²) in [5.74, 6) is 0.784. The van der Waals surface area contributed by atoms with Gasteiger partial charge in [0.1, 0.15) is 5.82 Å². The zero-order valence-corrected chi connectivity index (χ0v) is 15.1. The third-order valence-corrected chi connectivity index (χ3v) is 5.13. The summed E-state index contributed by atoms with van der Waals surface area (Å²) in [6.45, 7) is 4.18. The van der Waals surface area contributed by atoms with Crippen LogP contribution in [0.2, 0.25) is 0 Å². The highest BCUT2D eigenvalue weighted by Crippen LogP contribution is 2.37. The molecule has 1 aromatic heterocycles. The molecular weight excluding hydrogens is 363 g/mol. The van der Waals surface area contributed by atoms with Crippen molar-refractivity contribution in [2.75, 3.05) is 36.0 Å². The highest BCUT2D eigenvalue weighted by molar-refractivity contribution is 7.09. The van der Waals surface area contributed by atoms with Crippen LogP contribution in [0.5, 0.6) is 0 Å². The maximum Gasteiger partial charge on any atom is 0.418 e. The lowest BCUT2D eigenvalue weighted by atomic mass is 10.1. The van der Waals surface area contributed by atoms with Crippen molar-refractivity contribution in [2.45, 2.75) is 25.9 Å². The molecule has 26 heavy (non-hydrogen) atoms. The number of aryl methyl sites for hydroxylation is 1. The van der Waals surface area contributed by atoms with Crippen molar-refractivity contribution >= 4 is 22.4 Å². The summed E-state index contributed by atoms with van der Waals surface area (Å²) in [5.41, 5.74) is -0.398. The molecule has 2 aromatic rings. The Morgan fingerprint density at radius 2 is 1.92 bits per heavy atom. The van der Waals surface area contributed by atoms with E-state index in [4.69, 9.17) is 5.26 Å². The number of benzene rings is 1. The molecule has 3 rings (SSSR count). The first-order valence-corrected chi connectivity index (χ1v) is 9.13. The van der Waals surface area contributed by atoms with Gasteiger partial charge in [0, 0.05) is 44.1 Å². The molecule has 0 aliphatic carbocycles. The number of rotatable bonds is 3. The lowest BCUT2D eigenvalue weighted by Gasteiger charge is -2.26. The van der Waals surface area contributed by atoms with Gasteiger partial charge in [-0.05, 0) is 24.6 Å². The number of nitrogens with zero attached hydrogens (tertiary/aromatic N) is 5. The number of hydrogen-bond donors (Lipinski definition) is 0. The fourth-order valence-electron chi connectivity index (χ4n) is 2.97. The Kier molecular flexibility index (Phi) is 5.32. The Balaban J connectivity index is 1.84. The van der Waals surface area contributed by atoms with Gasteiger partial charge in [0.2, 0.25) is 5.13 Å². The van der Waals surface area contributed by atoms with Gasteiger partial charge in [0.25, 0.3) is 0 Å².